The molecular weight excluding hydrogens is 211 g/mol. The van der Waals surface area contributed by atoms with Gasteiger partial charge in [-0.15, -0.1) is 0 Å². The molecule has 1 aromatic carbocycles. The van der Waals surface area contributed by atoms with E-state index in [9.17, 15) is 5.02 Å². The van der Waals surface area contributed by atoms with Crippen molar-refractivity contribution >= 4 is 12.6 Å². The summed E-state index contributed by atoms with van der Waals surface area (Å²) in [6, 6.07) is 6.03. The molecule has 0 aliphatic rings. The number of hydrogen-bond donors (Lipinski definition) is 1. The van der Waals surface area contributed by atoms with Crippen LogP contribution in [0.15, 0.2) is 18.2 Å². The molecule has 0 aliphatic heterocycles. The van der Waals surface area contributed by atoms with Crippen LogP contribution in [0.5, 0.6) is 0 Å². The molecule has 0 spiro atoms. The van der Waals surface area contributed by atoms with Crippen LogP contribution in [0.2, 0.25) is 0 Å². The number of rotatable bonds is 3. The van der Waals surface area contributed by atoms with Crippen LogP contribution in [-0.4, -0.2) is 18.2 Å². The maximum atomic E-state index is 10.1. The lowest BCUT2D eigenvalue weighted by atomic mass is 9.74. The van der Waals surface area contributed by atoms with Crippen LogP contribution >= 0.6 is 0 Å². The van der Waals surface area contributed by atoms with Crippen LogP contribution in [-0.2, 0) is 4.65 Å². The molecule has 0 bridgehead atoms. The number of benzene rings is 1. The van der Waals surface area contributed by atoms with E-state index in [4.69, 9.17) is 4.65 Å². The number of hydrogen-bond acceptors (Lipinski definition) is 2. The summed E-state index contributed by atoms with van der Waals surface area (Å²) in [7, 11) is -0.843. The third kappa shape index (κ3) is 3.86. The maximum absolute atomic E-state index is 10.1. The molecule has 1 atom stereocenters. The van der Waals surface area contributed by atoms with Gasteiger partial charge in [-0.25, -0.2) is 0 Å². The van der Waals surface area contributed by atoms with Gasteiger partial charge in [0, 0.05) is 6.10 Å². The van der Waals surface area contributed by atoms with Crippen molar-refractivity contribution in [3.63, 3.8) is 0 Å². The standard InChI is InChI=1S/C14H23BO2/c1-10-7-8-11(2)13(9-10)15(16)17-12(3)14(4,5)6/h7-9,12,16H,1-6H3. The molecule has 0 radical (unpaired) electrons. The van der Waals surface area contributed by atoms with Crippen LogP contribution in [0, 0.1) is 19.3 Å². The van der Waals surface area contributed by atoms with Crippen molar-refractivity contribution in [3.8, 4) is 0 Å². The highest BCUT2D eigenvalue weighted by Crippen LogP contribution is 2.22. The van der Waals surface area contributed by atoms with Gasteiger partial charge in [0.2, 0.25) is 0 Å². The summed E-state index contributed by atoms with van der Waals surface area (Å²) in [5.41, 5.74) is 3.08. The molecule has 2 nitrogen and oxygen atoms in total. The zero-order valence-electron chi connectivity index (χ0n) is 11.7. The Labute approximate surface area is 105 Å². The van der Waals surface area contributed by atoms with Gasteiger partial charge in [0.15, 0.2) is 0 Å². The summed E-state index contributed by atoms with van der Waals surface area (Å²) in [5, 5.41) is 10.1. The van der Waals surface area contributed by atoms with Crippen LogP contribution in [0.4, 0.5) is 0 Å². The van der Waals surface area contributed by atoms with E-state index in [2.05, 4.69) is 20.8 Å². The van der Waals surface area contributed by atoms with Gasteiger partial charge < -0.3 is 9.68 Å². The largest absolute Gasteiger partial charge is 0.491 e. The smallest absolute Gasteiger partial charge is 0.423 e. The molecule has 1 rings (SSSR count). The summed E-state index contributed by atoms with van der Waals surface area (Å²) < 4.78 is 5.69. The monoisotopic (exact) mass is 234 g/mol. The molecular formula is C14H23BO2. The number of aryl methyl sites for hydroxylation is 2. The zero-order chi connectivity index (χ0) is 13.2. The summed E-state index contributed by atoms with van der Waals surface area (Å²) in [6.07, 6.45) is -0.00240. The summed E-state index contributed by atoms with van der Waals surface area (Å²) in [6.45, 7) is 12.3. The molecule has 0 saturated heterocycles. The second-order valence-electron chi connectivity index (χ2n) is 5.86. The summed E-state index contributed by atoms with van der Waals surface area (Å²) in [4.78, 5) is 0. The Hall–Kier alpha value is -0.795. The highest BCUT2D eigenvalue weighted by Gasteiger charge is 2.28. The lowest BCUT2D eigenvalue weighted by Gasteiger charge is -2.29. The first-order chi connectivity index (χ1) is 7.71. The third-order valence-corrected chi connectivity index (χ3v) is 3.25. The van der Waals surface area contributed by atoms with E-state index in [1.54, 1.807) is 0 Å². The molecule has 1 unspecified atom stereocenters. The van der Waals surface area contributed by atoms with Gasteiger partial charge >= 0.3 is 7.12 Å². The molecule has 0 aliphatic carbocycles. The van der Waals surface area contributed by atoms with Gasteiger partial charge in [-0.2, -0.15) is 0 Å². The molecule has 0 saturated carbocycles. The molecule has 0 amide bonds. The first-order valence-electron chi connectivity index (χ1n) is 6.12. The Balaban J connectivity index is 2.83. The van der Waals surface area contributed by atoms with E-state index < -0.39 is 7.12 Å². The van der Waals surface area contributed by atoms with Crippen molar-refractivity contribution in [1.82, 2.24) is 0 Å². The maximum Gasteiger partial charge on any atom is 0.491 e. The Morgan fingerprint density at radius 1 is 1.24 bits per heavy atom. The Morgan fingerprint density at radius 2 is 1.82 bits per heavy atom. The molecule has 0 aromatic heterocycles. The van der Waals surface area contributed by atoms with Gasteiger partial charge in [-0.1, -0.05) is 50.1 Å². The predicted molar refractivity (Wildman–Crippen MR) is 73.5 cm³/mol. The second kappa shape index (κ2) is 5.24. The van der Waals surface area contributed by atoms with E-state index in [0.717, 1.165) is 16.6 Å². The van der Waals surface area contributed by atoms with Crippen molar-refractivity contribution in [1.29, 1.82) is 0 Å². The second-order valence-corrected chi connectivity index (χ2v) is 5.86. The topological polar surface area (TPSA) is 29.5 Å². The quantitative estimate of drug-likeness (QED) is 0.814. The van der Waals surface area contributed by atoms with E-state index in [1.807, 2.05) is 39.0 Å². The van der Waals surface area contributed by atoms with E-state index in [0.29, 0.717) is 0 Å². The minimum Gasteiger partial charge on any atom is -0.423 e. The lowest BCUT2D eigenvalue weighted by Crippen LogP contribution is -2.42. The molecule has 0 fully saturated rings. The van der Waals surface area contributed by atoms with Crippen LogP contribution < -0.4 is 5.46 Å². The van der Waals surface area contributed by atoms with Gasteiger partial charge in [0.25, 0.3) is 0 Å². The molecule has 94 valence electrons. The fraction of sp³-hybridized carbons (Fsp3) is 0.571. The van der Waals surface area contributed by atoms with Crippen molar-refractivity contribution in [3.05, 3.63) is 29.3 Å². The van der Waals surface area contributed by atoms with Gasteiger partial charge in [-0.05, 0) is 31.6 Å². The molecule has 1 N–H and O–H groups in total. The van der Waals surface area contributed by atoms with Crippen LogP contribution in [0.3, 0.4) is 0 Å². The zero-order valence-corrected chi connectivity index (χ0v) is 11.7. The summed E-state index contributed by atoms with van der Waals surface area (Å²) >= 11 is 0. The predicted octanol–water partition coefficient (Wildman–Crippen LogP) is 2.44. The van der Waals surface area contributed by atoms with Crippen molar-refractivity contribution in [2.75, 3.05) is 0 Å². The highest BCUT2D eigenvalue weighted by atomic mass is 16.5. The van der Waals surface area contributed by atoms with Gasteiger partial charge in [0.05, 0.1) is 0 Å². The van der Waals surface area contributed by atoms with Crippen LogP contribution in [0.1, 0.15) is 38.8 Å². The third-order valence-electron chi connectivity index (χ3n) is 3.25. The fourth-order valence-corrected chi connectivity index (χ4v) is 1.50. The Bertz CT molecular complexity index is 382. The molecule has 0 heterocycles. The lowest BCUT2D eigenvalue weighted by molar-refractivity contribution is 0.0858. The molecule has 1 aromatic rings. The SMILES string of the molecule is Cc1ccc(C)c(B(O)OC(C)C(C)(C)C)c1. The van der Waals surface area contributed by atoms with Gasteiger partial charge in [-0.3, -0.25) is 0 Å². The average Bonchev–Trinajstić information content (AvgIpc) is 2.20. The molecule has 3 heteroatoms. The van der Waals surface area contributed by atoms with Crippen molar-refractivity contribution < 1.29 is 9.68 Å². The normalized spacial score (nSPS) is 13.6. The van der Waals surface area contributed by atoms with Crippen molar-refractivity contribution in [2.45, 2.75) is 47.6 Å². The minimum atomic E-state index is -0.843. The first-order valence-corrected chi connectivity index (χ1v) is 6.12. The highest BCUT2D eigenvalue weighted by molar-refractivity contribution is 6.60. The van der Waals surface area contributed by atoms with E-state index in [-0.39, 0.29) is 11.5 Å². The summed E-state index contributed by atoms with van der Waals surface area (Å²) in [5.74, 6) is 0. The van der Waals surface area contributed by atoms with Crippen LogP contribution in [0.25, 0.3) is 0 Å². The Kier molecular flexibility index (Phi) is 4.39. The average molecular weight is 234 g/mol. The Morgan fingerprint density at radius 3 is 2.35 bits per heavy atom. The fourth-order valence-electron chi connectivity index (χ4n) is 1.50. The molecule has 17 heavy (non-hydrogen) atoms. The van der Waals surface area contributed by atoms with E-state index >= 15 is 0 Å². The van der Waals surface area contributed by atoms with E-state index in [1.165, 1.54) is 0 Å². The minimum absolute atomic E-state index is 0.00240. The first kappa shape index (κ1) is 14.3. The van der Waals surface area contributed by atoms with Gasteiger partial charge in [0.1, 0.15) is 0 Å². The van der Waals surface area contributed by atoms with Crippen molar-refractivity contribution in [2.24, 2.45) is 5.41 Å².